The van der Waals surface area contributed by atoms with E-state index in [9.17, 15) is 19.5 Å². The molecule has 1 atom stereocenters. The number of hydrogen-bond acceptors (Lipinski definition) is 6. The van der Waals surface area contributed by atoms with E-state index >= 15 is 0 Å². The summed E-state index contributed by atoms with van der Waals surface area (Å²) in [7, 11) is 1.74. The second kappa shape index (κ2) is 13.0. The number of rotatable bonds is 10. The summed E-state index contributed by atoms with van der Waals surface area (Å²) in [6, 6.07) is 30.7. The zero-order chi connectivity index (χ0) is 30.3. The van der Waals surface area contributed by atoms with Crippen LogP contribution >= 0.6 is 0 Å². The van der Waals surface area contributed by atoms with E-state index in [4.69, 9.17) is 4.42 Å². The van der Waals surface area contributed by atoms with Crippen molar-refractivity contribution in [3.8, 4) is 0 Å². The van der Waals surface area contributed by atoms with E-state index in [-0.39, 0.29) is 23.9 Å². The summed E-state index contributed by atoms with van der Waals surface area (Å²) in [6.45, 7) is 2.21. The Hall–Kier alpha value is -5.44. The molecule has 2 amide bonds. The molecule has 9 heteroatoms. The fraction of sp³-hybridized carbons (Fsp3) is 0.176. The van der Waals surface area contributed by atoms with Crippen molar-refractivity contribution in [3.63, 3.8) is 0 Å². The summed E-state index contributed by atoms with van der Waals surface area (Å²) in [5, 5.41) is 13.2. The Morgan fingerprint density at radius 1 is 0.860 bits per heavy atom. The highest BCUT2D eigenvalue weighted by molar-refractivity contribution is 5.88. The smallest absolute Gasteiger partial charge is 0.412 e. The van der Waals surface area contributed by atoms with Gasteiger partial charge in [0.05, 0.1) is 17.4 Å². The standard InChI is InChI=1S/C34H32N4O5/c1-23-26(22-38(34(41)42)27-16-10-5-11-17-27)18-19-28-30(23)32(40)43-33(35-28)36-29(20-24-12-6-3-7-13-24)31(39)37(2)21-25-14-8-4-9-15-25/h3-19,29H,20-22H2,1-2H3,(H,35,36)(H,41,42)/t29-/m0/s1. The van der Waals surface area contributed by atoms with E-state index in [1.54, 1.807) is 55.3 Å². The largest absolute Gasteiger partial charge is 0.465 e. The molecule has 0 fully saturated rings. The van der Waals surface area contributed by atoms with Crippen LogP contribution in [-0.4, -0.2) is 40.1 Å². The third-order valence-corrected chi connectivity index (χ3v) is 7.32. The van der Waals surface area contributed by atoms with E-state index in [1.807, 2.05) is 66.7 Å². The van der Waals surface area contributed by atoms with Crippen LogP contribution in [0.3, 0.4) is 0 Å². The van der Waals surface area contributed by atoms with E-state index in [0.717, 1.165) is 11.1 Å². The Morgan fingerprint density at radius 2 is 1.47 bits per heavy atom. The van der Waals surface area contributed by atoms with Gasteiger partial charge < -0.3 is 19.7 Å². The van der Waals surface area contributed by atoms with Gasteiger partial charge >= 0.3 is 11.7 Å². The molecule has 1 aromatic heterocycles. The highest BCUT2D eigenvalue weighted by atomic mass is 16.4. The first-order valence-electron chi connectivity index (χ1n) is 13.9. The second-order valence-electron chi connectivity index (χ2n) is 10.3. The number of benzene rings is 4. The first kappa shape index (κ1) is 29.1. The van der Waals surface area contributed by atoms with E-state index in [1.165, 1.54) is 4.90 Å². The molecule has 0 aliphatic rings. The Labute approximate surface area is 249 Å². The number of aromatic nitrogens is 1. The van der Waals surface area contributed by atoms with Crippen LogP contribution in [0.4, 0.5) is 16.5 Å². The predicted molar refractivity (Wildman–Crippen MR) is 166 cm³/mol. The second-order valence-corrected chi connectivity index (χ2v) is 10.3. The van der Waals surface area contributed by atoms with Gasteiger partial charge in [-0.1, -0.05) is 84.9 Å². The minimum absolute atomic E-state index is 0.0436. The molecule has 0 bridgehead atoms. The molecule has 5 rings (SSSR count). The van der Waals surface area contributed by atoms with Crippen LogP contribution in [0.1, 0.15) is 22.3 Å². The molecular formula is C34H32N4O5. The van der Waals surface area contributed by atoms with Gasteiger partial charge in [-0.25, -0.2) is 9.59 Å². The molecule has 0 spiro atoms. The van der Waals surface area contributed by atoms with Crippen molar-refractivity contribution >= 4 is 34.6 Å². The number of carbonyl (C=O) groups is 2. The highest BCUT2D eigenvalue weighted by Gasteiger charge is 2.25. The van der Waals surface area contributed by atoms with Crippen LogP contribution in [0.25, 0.3) is 10.9 Å². The number of nitrogens with one attached hydrogen (secondary N) is 1. The number of anilines is 2. The van der Waals surface area contributed by atoms with E-state index in [2.05, 4.69) is 10.3 Å². The van der Waals surface area contributed by atoms with Crippen LogP contribution in [0.2, 0.25) is 0 Å². The van der Waals surface area contributed by atoms with Crippen LogP contribution in [0.5, 0.6) is 0 Å². The fourth-order valence-electron chi connectivity index (χ4n) is 5.04. The lowest BCUT2D eigenvalue weighted by atomic mass is 10.0. The number of nitrogens with zero attached hydrogens (tertiary/aromatic N) is 3. The maximum Gasteiger partial charge on any atom is 0.412 e. The lowest BCUT2D eigenvalue weighted by molar-refractivity contribution is -0.131. The number of hydrogen-bond donors (Lipinski definition) is 2. The fourth-order valence-corrected chi connectivity index (χ4v) is 5.04. The van der Waals surface area contributed by atoms with Gasteiger partial charge in [-0.05, 0) is 47.4 Å². The molecule has 0 aliphatic carbocycles. The topological polar surface area (TPSA) is 116 Å². The van der Waals surface area contributed by atoms with Crippen molar-refractivity contribution in [2.75, 3.05) is 17.3 Å². The molecule has 0 saturated carbocycles. The van der Waals surface area contributed by atoms with Gasteiger partial charge in [-0.2, -0.15) is 4.98 Å². The quantitative estimate of drug-likeness (QED) is 0.214. The average Bonchev–Trinajstić information content (AvgIpc) is 3.01. The van der Waals surface area contributed by atoms with Crippen molar-refractivity contribution in [3.05, 3.63) is 136 Å². The van der Waals surface area contributed by atoms with Gasteiger partial charge in [-0.15, -0.1) is 0 Å². The normalized spacial score (nSPS) is 11.6. The number of carboxylic acid groups (broad SMARTS) is 1. The summed E-state index contributed by atoms with van der Waals surface area (Å²) >= 11 is 0. The molecule has 0 aliphatic heterocycles. The van der Waals surface area contributed by atoms with Crippen molar-refractivity contribution in [1.82, 2.24) is 9.88 Å². The zero-order valence-corrected chi connectivity index (χ0v) is 23.9. The summed E-state index contributed by atoms with van der Waals surface area (Å²) in [4.78, 5) is 46.3. The first-order valence-corrected chi connectivity index (χ1v) is 13.9. The maximum absolute atomic E-state index is 13.6. The molecule has 4 aromatic carbocycles. The summed E-state index contributed by atoms with van der Waals surface area (Å²) in [6.07, 6.45) is -0.758. The zero-order valence-electron chi connectivity index (χ0n) is 23.9. The molecular weight excluding hydrogens is 544 g/mol. The lowest BCUT2D eigenvalue weighted by Crippen LogP contribution is -2.42. The van der Waals surface area contributed by atoms with Crippen molar-refractivity contribution in [2.24, 2.45) is 0 Å². The number of fused-ring (bicyclic) bond motifs is 1. The van der Waals surface area contributed by atoms with Crippen LogP contribution in [0.15, 0.2) is 112 Å². The van der Waals surface area contributed by atoms with Gasteiger partial charge in [0.15, 0.2) is 0 Å². The van der Waals surface area contributed by atoms with Crippen LogP contribution < -0.4 is 15.8 Å². The number of para-hydroxylation sites is 1. The van der Waals surface area contributed by atoms with Crippen LogP contribution in [0, 0.1) is 6.92 Å². The number of likely N-dealkylation sites (N-methyl/N-ethyl adjacent to an activating group) is 1. The SMILES string of the molecule is Cc1c(CN(C(=O)O)c2ccccc2)ccc2nc(N[C@@H](Cc3ccccc3)C(=O)N(C)Cc3ccccc3)oc(=O)c12. The lowest BCUT2D eigenvalue weighted by Gasteiger charge is -2.25. The Bertz CT molecular complexity index is 1780. The number of amides is 2. The Morgan fingerprint density at radius 3 is 2.09 bits per heavy atom. The monoisotopic (exact) mass is 576 g/mol. The summed E-state index contributed by atoms with van der Waals surface area (Å²) in [5.74, 6) is -0.182. The molecule has 218 valence electrons. The molecule has 0 radical (unpaired) electrons. The third-order valence-electron chi connectivity index (χ3n) is 7.32. The molecule has 5 aromatic rings. The molecule has 0 unspecified atom stereocenters. The van der Waals surface area contributed by atoms with Gasteiger partial charge in [0.25, 0.3) is 6.01 Å². The molecule has 1 heterocycles. The molecule has 0 saturated heterocycles. The molecule has 2 N–H and O–H groups in total. The van der Waals surface area contributed by atoms with E-state index < -0.39 is 17.8 Å². The molecule has 43 heavy (non-hydrogen) atoms. The number of aryl methyl sites for hydroxylation is 1. The predicted octanol–water partition coefficient (Wildman–Crippen LogP) is 5.86. The minimum atomic E-state index is -1.11. The van der Waals surface area contributed by atoms with Crippen LogP contribution in [-0.2, 0) is 24.3 Å². The summed E-state index contributed by atoms with van der Waals surface area (Å²) < 4.78 is 5.60. The van der Waals surface area contributed by atoms with Crippen molar-refractivity contribution in [1.29, 1.82) is 0 Å². The first-order chi connectivity index (χ1) is 20.8. The maximum atomic E-state index is 13.6. The number of carbonyl (C=O) groups excluding carboxylic acids is 1. The molecule has 9 nitrogen and oxygen atoms in total. The van der Waals surface area contributed by atoms with Gasteiger partial charge in [0, 0.05) is 25.7 Å². The Balaban J connectivity index is 1.43. The van der Waals surface area contributed by atoms with Gasteiger partial charge in [0.2, 0.25) is 5.91 Å². The van der Waals surface area contributed by atoms with Crippen molar-refractivity contribution in [2.45, 2.75) is 32.5 Å². The van der Waals surface area contributed by atoms with Gasteiger partial charge in [-0.3, -0.25) is 9.69 Å². The minimum Gasteiger partial charge on any atom is -0.465 e. The average molecular weight is 577 g/mol. The summed E-state index contributed by atoms with van der Waals surface area (Å²) in [5.41, 5.74) is 3.42. The van der Waals surface area contributed by atoms with E-state index in [0.29, 0.717) is 35.3 Å². The Kier molecular flexibility index (Phi) is 8.81. The third kappa shape index (κ3) is 6.90. The van der Waals surface area contributed by atoms with Crippen molar-refractivity contribution < 1.29 is 19.1 Å². The highest BCUT2D eigenvalue weighted by Crippen LogP contribution is 2.24. The van der Waals surface area contributed by atoms with Gasteiger partial charge in [0.1, 0.15) is 6.04 Å².